The molecule has 0 aliphatic carbocycles. The van der Waals surface area contributed by atoms with Gasteiger partial charge in [0.2, 0.25) is 0 Å². The van der Waals surface area contributed by atoms with Crippen molar-refractivity contribution in [3.8, 4) is 0 Å². The summed E-state index contributed by atoms with van der Waals surface area (Å²) in [5.41, 5.74) is 6.89. The highest BCUT2D eigenvalue weighted by atomic mass is 32.1. The van der Waals surface area contributed by atoms with Gasteiger partial charge in [0.05, 0.1) is 18.8 Å². The van der Waals surface area contributed by atoms with E-state index in [1.54, 1.807) is 18.4 Å². The molecule has 1 unspecified atom stereocenters. The molecule has 3 N–H and O–H groups in total. The van der Waals surface area contributed by atoms with Crippen LogP contribution in [-0.4, -0.2) is 30.7 Å². The van der Waals surface area contributed by atoms with Gasteiger partial charge in [0, 0.05) is 18.5 Å². The molecule has 0 saturated carbocycles. The van der Waals surface area contributed by atoms with Gasteiger partial charge in [-0.15, -0.1) is 11.3 Å². The number of methoxy groups -OCH3 is 1. The van der Waals surface area contributed by atoms with E-state index in [9.17, 15) is 0 Å². The number of guanidine groups is 1. The number of ether oxygens (including phenoxy) is 1. The summed E-state index contributed by atoms with van der Waals surface area (Å²) in [6, 6.07) is 0.154. The number of thiazole rings is 1. The van der Waals surface area contributed by atoms with Crippen LogP contribution in [0.25, 0.3) is 0 Å². The van der Waals surface area contributed by atoms with Crippen LogP contribution in [-0.2, 0) is 11.3 Å². The van der Waals surface area contributed by atoms with E-state index in [2.05, 4.69) is 34.5 Å². The summed E-state index contributed by atoms with van der Waals surface area (Å²) in [7, 11) is 1.66. The molecule has 18 heavy (non-hydrogen) atoms. The molecule has 0 aliphatic rings. The molecular formula is C12H22N4OS. The Labute approximate surface area is 112 Å². The van der Waals surface area contributed by atoms with Gasteiger partial charge in [-0.25, -0.2) is 9.98 Å². The van der Waals surface area contributed by atoms with Gasteiger partial charge in [0.25, 0.3) is 0 Å². The third-order valence-electron chi connectivity index (χ3n) is 2.36. The lowest BCUT2D eigenvalue weighted by molar-refractivity contribution is 0.179. The maximum absolute atomic E-state index is 5.78. The molecule has 0 radical (unpaired) electrons. The molecular weight excluding hydrogens is 248 g/mol. The first kappa shape index (κ1) is 14.9. The first-order valence-electron chi connectivity index (χ1n) is 6.02. The monoisotopic (exact) mass is 270 g/mol. The lowest BCUT2D eigenvalue weighted by atomic mass is 10.2. The van der Waals surface area contributed by atoms with Crippen LogP contribution in [0.1, 0.15) is 37.4 Å². The highest BCUT2D eigenvalue weighted by molar-refractivity contribution is 7.09. The van der Waals surface area contributed by atoms with Gasteiger partial charge in [-0.1, -0.05) is 13.8 Å². The molecule has 0 spiro atoms. The fraction of sp³-hybridized carbons (Fsp3) is 0.667. The fourth-order valence-corrected chi connectivity index (χ4v) is 2.28. The summed E-state index contributed by atoms with van der Waals surface area (Å²) in [5, 5.41) is 6.13. The molecule has 0 bridgehead atoms. The Kier molecular flexibility index (Phi) is 6.07. The summed E-state index contributed by atoms with van der Waals surface area (Å²) in [6.45, 7) is 7.38. The normalized spacial score (nSPS) is 13.9. The summed E-state index contributed by atoms with van der Waals surface area (Å²) in [4.78, 5) is 8.77. The van der Waals surface area contributed by atoms with Crippen LogP contribution in [0.15, 0.2) is 10.4 Å². The van der Waals surface area contributed by atoms with Crippen LogP contribution in [0, 0.1) is 0 Å². The molecule has 1 aromatic heterocycles. The van der Waals surface area contributed by atoms with Crippen molar-refractivity contribution in [2.45, 2.75) is 39.3 Å². The predicted molar refractivity (Wildman–Crippen MR) is 76.0 cm³/mol. The summed E-state index contributed by atoms with van der Waals surface area (Å²) in [5.74, 6) is 0.886. The van der Waals surface area contributed by atoms with Crippen molar-refractivity contribution in [3.63, 3.8) is 0 Å². The van der Waals surface area contributed by atoms with E-state index in [4.69, 9.17) is 10.5 Å². The van der Waals surface area contributed by atoms with Crippen molar-refractivity contribution in [1.29, 1.82) is 0 Å². The van der Waals surface area contributed by atoms with E-state index in [1.807, 2.05) is 6.92 Å². The zero-order valence-electron chi connectivity index (χ0n) is 11.4. The number of nitrogens with two attached hydrogens (primary N) is 1. The smallest absolute Gasteiger partial charge is 0.189 e. The molecule has 1 aromatic rings. The van der Waals surface area contributed by atoms with Gasteiger partial charge in [-0.05, 0) is 12.8 Å². The Morgan fingerprint density at radius 1 is 1.56 bits per heavy atom. The zero-order valence-corrected chi connectivity index (χ0v) is 12.3. The maximum atomic E-state index is 5.78. The van der Waals surface area contributed by atoms with Crippen molar-refractivity contribution < 1.29 is 4.74 Å². The number of aliphatic imine (C=N–C) groups is 1. The van der Waals surface area contributed by atoms with Gasteiger partial charge >= 0.3 is 0 Å². The number of nitrogens with zero attached hydrogens (tertiary/aromatic N) is 2. The lowest BCUT2D eigenvalue weighted by Crippen LogP contribution is -2.40. The van der Waals surface area contributed by atoms with Gasteiger partial charge in [0.15, 0.2) is 5.96 Å². The minimum atomic E-state index is 0.154. The Morgan fingerprint density at radius 3 is 2.83 bits per heavy atom. The topological polar surface area (TPSA) is 72.5 Å². The molecule has 1 heterocycles. The number of nitrogens with one attached hydrogen (secondary N) is 1. The van der Waals surface area contributed by atoms with Crippen LogP contribution in [0.3, 0.4) is 0 Å². The second-order valence-electron chi connectivity index (χ2n) is 4.52. The van der Waals surface area contributed by atoms with Gasteiger partial charge in [-0.2, -0.15) is 0 Å². The van der Waals surface area contributed by atoms with Crippen molar-refractivity contribution >= 4 is 17.3 Å². The van der Waals surface area contributed by atoms with Crippen molar-refractivity contribution in [3.05, 3.63) is 16.1 Å². The van der Waals surface area contributed by atoms with E-state index in [0.717, 1.165) is 10.7 Å². The van der Waals surface area contributed by atoms with Crippen LogP contribution in [0.2, 0.25) is 0 Å². The second-order valence-corrected chi connectivity index (χ2v) is 5.47. The number of aromatic nitrogens is 1. The molecule has 102 valence electrons. The summed E-state index contributed by atoms with van der Waals surface area (Å²) < 4.78 is 5.01. The molecule has 0 aromatic carbocycles. The Hall–Kier alpha value is -1.14. The molecule has 5 nitrogen and oxygen atoms in total. The lowest BCUT2D eigenvalue weighted by Gasteiger charge is -2.12. The Morgan fingerprint density at radius 2 is 2.28 bits per heavy atom. The molecule has 1 rings (SSSR count). The van der Waals surface area contributed by atoms with Crippen molar-refractivity contribution in [2.75, 3.05) is 13.7 Å². The van der Waals surface area contributed by atoms with Crippen LogP contribution in [0.5, 0.6) is 0 Å². The minimum absolute atomic E-state index is 0.154. The number of hydrogen-bond acceptors (Lipinski definition) is 4. The highest BCUT2D eigenvalue weighted by Crippen LogP contribution is 2.18. The number of hydrogen-bond donors (Lipinski definition) is 2. The quantitative estimate of drug-likeness (QED) is 0.609. The predicted octanol–water partition coefficient (Wildman–Crippen LogP) is 1.71. The minimum Gasteiger partial charge on any atom is -0.383 e. The first-order chi connectivity index (χ1) is 8.52. The Balaban J connectivity index is 2.46. The van der Waals surface area contributed by atoms with Crippen LogP contribution in [0.4, 0.5) is 0 Å². The highest BCUT2D eigenvalue weighted by Gasteiger charge is 2.06. The van der Waals surface area contributed by atoms with Gasteiger partial charge in [0.1, 0.15) is 5.01 Å². The molecule has 1 atom stereocenters. The summed E-state index contributed by atoms with van der Waals surface area (Å²) in [6.07, 6.45) is 0. The maximum Gasteiger partial charge on any atom is 0.189 e. The molecule has 6 heteroatoms. The van der Waals surface area contributed by atoms with E-state index < -0.39 is 0 Å². The van der Waals surface area contributed by atoms with E-state index in [0.29, 0.717) is 25.0 Å². The first-order valence-corrected chi connectivity index (χ1v) is 6.90. The van der Waals surface area contributed by atoms with Crippen LogP contribution < -0.4 is 11.1 Å². The fourth-order valence-electron chi connectivity index (χ4n) is 1.41. The third-order valence-corrected chi connectivity index (χ3v) is 3.21. The van der Waals surface area contributed by atoms with E-state index >= 15 is 0 Å². The van der Waals surface area contributed by atoms with Crippen molar-refractivity contribution in [1.82, 2.24) is 10.3 Å². The van der Waals surface area contributed by atoms with Crippen LogP contribution >= 0.6 is 11.3 Å². The molecule has 0 fully saturated rings. The van der Waals surface area contributed by atoms with E-state index in [1.165, 1.54) is 0 Å². The average molecular weight is 270 g/mol. The Bertz CT molecular complexity index is 389. The van der Waals surface area contributed by atoms with Crippen molar-refractivity contribution in [2.24, 2.45) is 10.7 Å². The zero-order chi connectivity index (χ0) is 13.5. The van der Waals surface area contributed by atoms with E-state index in [-0.39, 0.29) is 6.04 Å². The summed E-state index contributed by atoms with van der Waals surface area (Å²) >= 11 is 1.62. The average Bonchev–Trinajstić information content (AvgIpc) is 2.75. The molecule has 0 aliphatic heterocycles. The molecule has 0 saturated heterocycles. The standard InChI is InChI=1S/C12H22N4OS/c1-8(2)10-7-18-11(16-10)5-14-12(13)15-9(3)6-17-4/h7-9H,5-6H2,1-4H3,(H3,13,14,15). The third kappa shape index (κ3) is 5.01. The SMILES string of the molecule is COCC(C)NC(N)=NCc1nc(C(C)C)cs1. The number of rotatable bonds is 6. The van der Waals surface area contributed by atoms with Gasteiger partial charge in [-0.3, -0.25) is 0 Å². The molecule has 0 amide bonds. The second kappa shape index (κ2) is 7.33. The largest absolute Gasteiger partial charge is 0.383 e. The van der Waals surface area contributed by atoms with Gasteiger partial charge < -0.3 is 15.8 Å².